The third kappa shape index (κ3) is 3.22. The smallest absolute Gasteiger partial charge is 0.251 e. The van der Waals surface area contributed by atoms with Crippen molar-refractivity contribution >= 4 is 5.91 Å². The molecule has 0 saturated heterocycles. The molecular weight excluding hydrogens is 256 g/mol. The predicted octanol–water partition coefficient (Wildman–Crippen LogP) is 1.91. The average Bonchev–Trinajstić information content (AvgIpc) is 2.84. The molecule has 0 radical (unpaired) electrons. The van der Waals surface area contributed by atoms with Crippen LogP contribution in [0.4, 0.5) is 0 Å². The molecule has 0 aliphatic carbocycles. The second kappa shape index (κ2) is 5.71. The van der Waals surface area contributed by atoms with E-state index in [0.29, 0.717) is 29.5 Å². The van der Waals surface area contributed by atoms with E-state index in [2.05, 4.69) is 19.2 Å². The molecular formula is C15H22N2O3. The summed E-state index contributed by atoms with van der Waals surface area (Å²) in [5, 5.41) is 3.02. The molecule has 2 rings (SSSR count). The zero-order valence-corrected chi connectivity index (χ0v) is 12.2. The van der Waals surface area contributed by atoms with Crippen LogP contribution >= 0.6 is 0 Å². The van der Waals surface area contributed by atoms with Gasteiger partial charge < -0.3 is 20.5 Å². The minimum atomic E-state index is -0.401. The topological polar surface area (TPSA) is 73.6 Å². The van der Waals surface area contributed by atoms with Crippen LogP contribution < -0.4 is 20.5 Å². The lowest BCUT2D eigenvalue weighted by Gasteiger charge is -2.31. The van der Waals surface area contributed by atoms with E-state index in [1.807, 2.05) is 6.92 Å². The summed E-state index contributed by atoms with van der Waals surface area (Å²) in [7, 11) is 0. The Kier molecular flexibility index (Phi) is 4.18. The van der Waals surface area contributed by atoms with Gasteiger partial charge in [0.2, 0.25) is 6.79 Å². The Hall–Kier alpha value is -1.75. The Balaban J connectivity index is 2.11. The van der Waals surface area contributed by atoms with Gasteiger partial charge in [-0.2, -0.15) is 0 Å². The SMILES string of the molecule is CC(C)CC(C)(CN)NC(=O)c1ccc2c(c1)OCO2. The molecule has 3 N–H and O–H groups in total. The summed E-state index contributed by atoms with van der Waals surface area (Å²) in [4.78, 5) is 12.3. The number of nitrogens with two attached hydrogens (primary N) is 1. The molecule has 5 nitrogen and oxygen atoms in total. The molecule has 1 amide bonds. The molecule has 1 aromatic rings. The Labute approximate surface area is 119 Å². The lowest BCUT2D eigenvalue weighted by atomic mass is 9.90. The molecule has 1 unspecified atom stereocenters. The van der Waals surface area contributed by atoms with Crippen LogP contribution in [0.2, 0.25) is 0 Å². The largest absolute Gasteiger partial charge is 0.454 e. The number of ether oxygens (including phenoxy) is 2. The summed E-state index contributed by atoms with van der Waals surface area (Å²) >= 11 is 0. The Morgan fingerprint density at radius 2 is 2.10 bits per heavy atom. The summed E-state index contributed by atoms with van der Waals surface area (Å²) < 4.78 is 10.5. The number of rotatable bonds is 5. The summed E-state index contributed by atoms with van der Waals surface area (Å²) in [5.74, 6) is 1.60. The molecule has 1 aliphatic heterocycles. The third-order valence-electron chi connectivity index (χ3n) is 3.36. The van der Waals surface area contributed by atoms with Gasteiger partial charge in [0.25, 0.3) is 5.91 Å². The van der Waals surface area contributed by atoms with Crippen molar-refractivity contribution in [2.45, 2.75) is 32.7 Å². The number of hydrogen-bond acceptors (Lipinski definition) is 4. The number of amides is 1. The van der Waals surface area contributed by atoms with Crippen molar-refractivity contribution in [3.05, 3.63) is 23.8 Å². The van der Waals surface area contributed by atoms with Gasteiger partial charge in [-0.3, -0.25) is 4.79 Å². The van der Waals surface area contributed by atoms with Crippen molar-refractivity contribution < 1.29 is 14.3 Å². The molecule has 1 atom stereocenters. The van der Waals surface area contributed by atoms with Crippen LogP contribution in [0.5, 0.6) is 11.5 Å². The van der Waals surface area contributed by atoms with Crippen molar-refractivity contribution in [2.24, 2.45) is 11.7 Å². The highest BCUT2D eigenvalue weighted by atomic mass is 16.7. The minimum absolute atomic E-state index is 0.142. The highest BCUT2D eigenvalue weighted by Crippen LogP contribution is 2.32. The van der Waals surface area contributed by atoms with Crippen molar-refractivity contribution in [2.75, 3.05) is 13.3 Å². The van der Waals surface area contributed by atoms with Crippen LogP contribution in [-0.2, 0) is 0 Å². The van der Waals surface area contributed by atoms with E-state index < -0.39 is 5.54 Å². The Bertz CT molecular complexity index is 502. The highest BCUT2D eigenvalue weighted by Gasteiger charge is 2.27. The van der Waals surface area contributed by atoms with E-state index in [0.717, 1.165) is 6.42 Å². The van der Waals surface area contributed by atoms with Crippen LogP contribution in [0.15, 0.2) is 18.2 Å². The second-order valence-electron chi connectivity index (χ2n) is 5.88. The summed E-state index contributed by atoms with van der Waals surface area (Å²) in [6.45, 7) is 6.80. The number of carbonyl (C=O) groups is 1. The normalized spacial score (nSPS) is 16.1. The molecule has 1 aromatic carbocycles. The van der Waals surface area contributed by atoms with Gasteiger partial charge in [-0.05, 0) is 37.5 Å². The van der Waals surface area contributed by atoms with Crippen LogP contribution in [0.3, 0.4) is 0 Å². The van der Waals surface area contributed by atoms with Crippen molar-refractivity contribution in [1.29, 1.82) is 0 Å². The number of fused-ring (bicyclic) bond motifs is 1. The zero-order valence-electron chi connectivity index (χ0n) is 12.2. The lowest BCUT2D eigenvalue weighted by Crippen LogP contribution is -2.52. The summed E-state index contributed by atoms with van der Waals surface area (Å²) in [6.07, 6.45) is 0.833. The van der Waals surface area contributed by atoms with Crippen molar-refractivity contribution in [3.8, 4) is 11.5 Å². The van der Waals surface area contributed by atoms with Gasteiger partial charge in [0.1, 0.15) is 0 Å². The fourth-order valence-electron chi connectivity index (χ4n) is 2.47. The molecule has 1 aliphatic rings. The van der Waals surface area contributed by atoms with Crippen LogP contribution in [0.25, 0.3) is 0 Å². The molecule has 110 valence electrons. The average molecular weight is 278 g/mol. The first-order valence-corrected chi connectivity index (χ1v) is 6.86. The fourth-order valence-corrected chi connectivity index (χ4v) is 2.47. The van der Waals surface area contributed by atoms with E-state index in [-0.39, 0.29) is 12.7 Å². The lowest BCUT2D eigenvalue weighted by molar-refractivity contribution is 0.0898. The van der Waals surface area contributed by atoms with Gasteiger partial charge >= 0.3 is 0 Å². The standard InChI is InChI=1S/C15H22N2O3/c1-10(2)7-15(3,8-16)17-14(18)11-4-5-12-13(6-11)20-9-19-12/h4-6,10H,7-9,16H2,1-3H3,(H,17,18). The molecule has 0 bridgehead atoms. The zero-order chi connectivity index (χ0) is 14.8. The number of hydrogen-bond donors (Lipinski definition) is 2. The second-order valence-corrected chi connectivity index (χ2v) is 5.88. The van der Waals surface area contributed by atoms with Gasteiger partial charge in [-0.25, -0.2) is 0 Å². The monoisotopic (exact) mass is 278 g/mol. The van der Waals surface area contributed by atoms with Crippen LogP contribution in [0.1, 0.15) is 37.6 Å². The van der Waals surface area contributed by atoms with E-state index >= 15 is 0 Å². The maximum absolute atomic E-state index is 12.3. The minimum Gasteiger partial charge on any atom is -0.454 e. The van der Waals surface area contributed by atoms with Crippen LogP contribution in [0, 0.1) is 5.92 Å². The van der Waals surface area contributed by atoms with Gasteiger partial charge in [-0.1, -0.05) is 13.8 Å². The Morgan fingerprint density at radius 1 is 1.40 bits per heavy atom. The molecule has 20 heavy (non-hydrogen) atoms. The van der Waals surface area contributed by atoms with Crippen molar-refractivity contribution in [1.82, 2.24) is 5.32 Å². The van der Waals surface area contributed by atoms with E-state index in [1.54, 1.807) is 18.2 Å². The van der Waals surface area contributed by atoms with E-state index in [9.17, 15) is 4.79 Å². The van der Waals surface area contributed by atoms with E-state index in [4.69, 9.17) is 15.2 Å². The maximum atomic E-state index is 12.3. The number of benzene rings is 1. The first-order valence-electron chi connectivity index (χ1n) is 6.86. The van der Waals surface area contributed by atoms with E-state index in [1.165, 1.54) is 0 Å². The van der Waals surface area contributed by atoms with Gasteiger partial charge in [0.05, 0.1) is 0 Å². The summed E-state index contributed by atoms with van der Waals surface area (Å²) in [6, 6.07) is 5.18. The highest BCUT2D eigenvalue weighted by molar-refractivity contribution is 5.95. The van der Waals surface area contributed by atoms with Gasteiger partial charge in [-0.15, -0.1) is 0 Å². The molecule has 5 heteroatoms. The molecule has 1 heterocycles. The molecule has 0 aromatic heterocycles. The quantitative estimate of drug-likeness (QED) is 0.863. The molecule has 0 fully saturated rings. The number of nitrogens with one attached hydrogen (secondary N) is 1. The maximum Gasteiger partial charge on any atom is 0.251 e. The Morgan fingerprint density at radius 3 is 2.75 bits per heavy atom. The third-order valence-corrected chi connectivity index (χ3v) is 3.36. The molecule has 0 saturated carbocycles. The number of carbonyl (C=O) groups excluding carboxylic acids is 1. The summed E-state index contributed by atoms with van der Waals surface area (Å²) in [5.41, 5.74) is 5.96. The van der Waals surface area contributed by atoms with Gasteiger partial charge in [0, 0.05) is 17.6 Å². The molecule has 0 spiro atoms. The van der Waals surface area contributed by atoms with Crippen molar-refractivity contribution in [3.63, 3.8) is 0 Å². The predicted molar refractivity (Wildman–Crippen MR) is 76.9 cm³/mol. The first kappa shape index (κ1) is 14.7. The van der Waals surface area contributed by atoms with Gasteiger partial charge in [0.15, 0.2) is 11.5 Å². The fraction of sp³-hybridized carbons (Fsp3) is 0.533. The van der Waals surface area contributed by atoms with Crippen LogP contribution in [-0.4, -0.2) is 24.8 Å². The first-order chi connectivity index (χ1) is 9.43.